The summed E-state index contributed by atoms with van der Waals surface area (Å²) in [6, 6.07) is 10.1. The van der Waals surface area contributed by atoms with E-state index in [4.69, 9.17) is 25.3 Å². The van der Waals surface area contributed by atoms with Crippen molar-refractivity contribution >= 4 is 56.1 Å². The van der Waals surface area contributed by atoms with Gasteiger partial charge in [0.2, 0.25) is 11.6 Å². The van der Waals surface area contributed by atoms with Crippen LogP contribution in [-0.2, 0) is 46.6 Å². The highest BCUT2D eigenvalue weighted by Crippen LogP contribution is 2.49. The number of alkyl halides is 1. The minimum absolute atomic E-state index is 0.0450. The summed E-state index contributed by atoms with van der Waals surface area (Å²) in [5.41, 5.74) is 4.51. The largest absolute Gasteiger partial charge is 0.380 e. The normalized spacial score (nSPS) is 17.2. The second kappa shape index (κ2) is 20.4. The van der Waals surface area contributed by atoms with Crippen molar-refractivity contribution in [2.45, 2.75) is 95.3 Å². The van der Waals surface area contributed by atoms with Crippen molar-refractivity contribution in [1.82, 2.24) is 5.32 Å². The van der Waals surface area contributed by atoms with E-state index in [1.165, 1.54) is 12.1 Å². The number of carbonyl (C=O) groups excluding carboxylic acids is 1. The number of likely N-dealkylation sites (N-methyl/N-ethyl adjacent to an activating group) is 1. The standard InChI is InChI=1S/C40H56ClN3O9S2/c1-6-43-34-19-17-30(53-54(46)47)28-32(34)39(2,3)36(43)14-13-15-37-40(4,5)33-29-31(55(48,49)50)18-20-35(33)44(37)23-11-9-16-38(45)42-22-25-52-27-26-51-24-12-8-7-10-21-41/h13-15,17-20,28-29H,6-12,16,21-27H2,1-5H3,(H2-,42,45,46,47,48,49,50)/p+1. The van der Waals surface area contributed by atoms with Crippen LogP contribution in [0.4, 0.5) is 11.4 Å². The number of amides is 1. The van der Waals surface area contributed by atoms with Crippen molar-refractivity contribution in [3.8, 4) is 5.75 Å². The number of halogens is 1. The minimum Gasteiger partial charge on any atom is -0.380 e. The predicted octanol–water partition coefficient (Wildman–Crippen LogP) is 7.20. The maximum absolute atomic E-state index is 12.6. The molecule has 12 nitrogen and oxygen atoms in total. The molecule has 1 unspecified atom stereocenters. The lowest BCUT2D eigenvalue weighted by Gasteiger charge is -2.25. The summed E-state index contributed by atoms with van der Waals surface area (Å²) in [6.07, 6.45) is 12.1. The van der Waals surface area contributed by atoms with Crippen LogP contribution < -0.4 is 14.4 Å². The maximum atomic E-state index is 12.6. The fraction of sp³-hybridized carbons (Fsp3) is 0.550. The molecule has 55 heavy (non-hydrogen) atoms. The molecular formula is C40H57ClN3O9S2+. The van der Waals surface area contributed by atoms with Crippen LogP contribution in [0.15, 0.2) is 65.2 Å². The number of ether oxygens (including phenoxy) is 2. The van der Waals surface area contributed by atoms with Crippen molar-refractivity contribution in [2.75, 3.05) is 56.8 Å². The average molecular weight is 823 g/mol. The molecule has 0 radical (unpaired) electrons. The molecule has 0 saturated carbocycles. The first kappa shape index (κ1) is 44.6. The second-order valence-corrected chi connectivity index (χ2v) is 17.1. The van der Waals surface area contributed by atoms with Crippen LogP contribution >= 0.6 is 11.6 Å². The highest BCUT2D eigenvalue weighted by molar-refractivity contribution is 7.85. The van der Waals surface area contributed by atoms with Crippen LogP contribution in [0.25, 0.3) is 0 Å². The van der Waals surface area contributed by atoms with Gasteiger partial charge in [-0.1, -0.05) is 32.8 Å². The number of rotatable bonds is 23. The van der Waals surface area contributed by atoms with Crippen molar-refractivity contribution in [2.24, 2.45) is 0 Å². The first-order chi connectivity index (χ1) is 26.1. The average Bonchev–Trinajstić information content (AvgIpc) is 3.47. The van der Waals surface area contributed by atoms with Gasteiger partial charge in [-0.3, -0.25) is 13.9 Å². The van der Waals surface area contributed by atoms with Crippen molar-refractivity contribution in [3.05, 3.63) is 71.5 Å². The van der Waals surface area contributed by atoms with Gasteiger partial charge in [-0.2, -0.15) is 17.2 Å². The third-order valence-corrected chi connectivity index (χ3v) is 11.6. The first-order valence-corrected chi connectivity index (χ1v) is 22.0. The van der Waals surface area contributed by atoms with Crippen LogP contribution in [0, 0.1) is 0 Å². The molecule has 15 heteroatoms. The van der Waals surface area contributed by atoms with E-state index in [2.05, 4.69) is 41.6 Å². The van der Waals surface area contributed by atoms with Crippen LogP contribution in [0.3, 0.4) is 0 Å². The summed E-state index contributed by atoms with van der Waals surface area (Å²) >= 11 is 3.26. The number of benzene rings is 2. The maximum Gasteiger partial charge on any atom is 0.357 e. The Labute approximate surface area is 334 Å². The Morgan fingerprint density at radius 2 is 1.67 bits per heavy atom. The summed E-state index contributed by atoms with van der Waals surface area (Å²) < 4.78 is 73.0. The topological polar surface area (TPSA) is 155 Å². The highest BCUT2D eigenvalue weighted by Gasteiger charge is 2.45. The van der Waals surface area contributed by atoms with Gasteiger partial charge in [-0.05, 0) is 82.0 Å². The molecule has 0 fully saturated rings. The molecule has 0 saturated heterocycles. The van der Waals surface area contributed by atoms with Gasteiger partial charge in [0, 0.05) is 72.9 Å². The molecule has 2 aromatic rings. The Hall–Kier alpha value is -3.11. The number of unbranched alkanes of at least 4 members (excludes halogenated alkanes) is 4. The molecule has 4 rings (SSSR count). The number of hydrogen-bond acceptors (Lipinski definition) is 8. The molecule has 1 amide bonds. The van der Waals surface area contributed by atoms with Gasteiger partial charge in [0.25, 0.3) is 10.1 Å². The zero-order valence-electron chi connectivity index (χ0n) is 32.6. The molecule has 2 aliphatic heterocycles. The van der Waals surface area contributed by atoms with Gasteiger partial charge >= 0.3 is 11.4 Å². The number of nitrogens with zero attached hydrogens (tertiary/aromatic N) is 2. The van der Waals surface area contributed by atoms with Gasteiger partial charge in [0.05, 0.1) is 30.1 Å². The van der Waals surface area contributed by atoms with E-state index in [0.29, 0.717) is 77.0 Å². The van der Waals surface area contributed by atoms with Crippen molar-refractivity contribution in [3.63, 3.8) is 0 Å². The zero-order valence-corrected chi connectivity index (χ0v) is 35.0. The molecule has 0 aliphatic carbocycles. The molecule has 1 atom stereocenters. The number of nitrogens with one attached hydrogen (secondary N) is 1. The fourth-order valence-electron chi connectivity index (χ4n) is 7.30. The molecule has 2 heterocycles. The Morgan fingerprint density at radius 1 is 0.945 bits per heavy atom. The van der Waals surface area contributed by atoms with Gasteiger partial charge < -0.3 is 23.9 Å². The summed E-state index contributed by atoms with van der Waals surface area (Å²) in [5.74, 6) is 0.968. The minimum atomic E-state index is -4.41. The molecular weight excluding hydrogens is 766 g/mol. The van der Waals surface area contributed by atoms with Gasteiger partial charge in [-0.25, -0.2) is 0 Å². The van der Waals surface area contributed by atoms with E-state index in [9.17, 15) is 26.5 Å². The SMILES string of the molecule is CCN1C(=C/C=C/C2=[N+](CCCCC(=O)NCCOCCOCCCCCCCl)c3ccc(S(=O)(=O)O)cc3C2(C)C)C(C)(C)c2cc(OS(=O)O)ccc21. The molecule has 0 bridgehead atoms. The molecule has 0 spiro atoms. The van der Waals surface area contributed by atoms with Crippen LogP contribution in [0.1, 0.15) is 90.7 Å². The van der Waals surface area contributed by atoms with Crippen LogP contribution in [-0.4, -0.2) is 89.9 Å². The smallest absolute Gasteiger partial charge is 0.357 e. The quantitative estimate of drug-likeness (QED) is 0.0345. The Balaban J connectivity index is 1.41. The molecule has 304 valence electrons. The number of hydrogen-bond donors (Lipinski definition) is 3. The second-order valence-electron chi connectivity index (χ2n) is 14.7. The zero-order chi connectivity index (χ0) is 40.2. The van der Waals surface area contributed by atoms with E-state index in [1.54, 1.807) is 18.2 Å². The third kappa shape index (κ3) is 11.7. The highest BCUT2D eigenvalue weighted by atomic mass is 35.5. The van der Waals surface area contributed by atoms with Gasteiger partial charge in [0.15, 0.2) is 5.71 Å². The number of anilines is 1. The van der Waals surface area contributed by atoms with Gasteiger partial charge in [0.1, 0.15) is 12.3 Å². The fourth-order valence-corrected chi connectivity index (χ4v) is 8.26. The number of carbonyl (C=O) groups is 1. The molecule has 0 aromatic heterocycles. The number of fused-ring (bicyclic) bond motifs is 2. The van der Waals surface area contributed by atoms with E-state index in [-0.39, 0.29) is 10.8 Å². The van der Waals surface area contributed by atoms with Crippen molar-refractivity contribution < 1.29 is 44.8 Å². The summed E-state index contributed by atoms with van der Waals surface area (Å²) in [6.45, 7) is 14.2. The Morgan fingerprint density at radius 3 is 2.36 bits per heavy atom. The van der Waals surface area contributed by atoms with Gasteiger partial charge in [-0.15, -0.1) is 11.6 Å². The van der Waals surface area contributed by atoms with E-state index >= 15 is 0 Å². The molecule has 3 N–H and O–H groups in total. The summed E-state index contributed by atoms with van der Waals surface area (Å²) in [4.78, 5) is 14.6. The lowest BCUT2D eigenvalue weighted by atomic mass is 9.81. The molecule has 2 aromatic carbocycles. The Kier molecular flexibility index (Phi) is 16.5. The summed E-state index contributed by atoms with van der Waals surface area (Å²) in [5, 5.41) is 2.92. The van der Waals surface area contributed by atoms with Crippen LogP contribution in [0.2, 0.25) is 0 Å². The Bertz CT molecular complexity index is 1880. The molecule has 2 aliphatic rings. The third-order valence-electron chi connectivity index (χ3n) is 10.2. The van der Waals surface area contributed by atoms with E-state index < -0.39 is 32.3 Å². The predicted molar refractivity (Wildman–Crippen MR) is 218 cm³/mol. The lowest BCUT2D eigenvalue weighted by molar-refractivity contribution is -0.438. The number of allylic oxidation sites excluding steroid dienone is 4. The lowest BCUT2D eigenvalue weighted by Crippen LogP contribution is -2.29. The van der Waals surface area contributed by atoms with E-state index in [1.807, 2.05) is 32.1 Å². The van der Waals surface area contributed by atoms with E-state index in [0.717, 1.165) is 59.6 Å². The first-order valence-electron chi connectivity index (χ1n) is 19.0. The van der Waals surface area contributed by atoms with Crippen molar-refractivity contribution in [1.29, 1.82) is 0 Å². The summed E-state index contributed by atoms with van der Waals surface area (Å²) in [7, 11) is -4.41. The monoisotopic (exact) mass is 822 g/mol. The van der Waals surface area contributed by atoms with Crippen LogP contribution in [0.5, 0.6) is 5.75 Å².